The molecule has 6 heteroatoms. The van der Waals surface area contributed by atoms with Gasteiger partial charge in [0.15, 0.2) is 5.16 Å². The molecule has 1 saturated heterocycles. The third-order valence-corrected chi connectivity index (χ3v) is 4.76. The van der Waals surface area contributed by atoms with Crippen molar-refractivity contribution in [2.45, 2.75) is 24.4 Å². The van der Waals surface area contributed by atoms with Gasteiger partial charge in [0.2, 0.25) is 5.91 Å². The quantitative estimate of drug-likeness (QED) is 0.880. The molecule has 1 N–H and O–H groups in total. The highest BCUT2D eigenvalue weighted by atomic mass is 32.2. The number of thioether (sulfide) groups is 1. The van der Waals surface area contributed by atoms with E-state index in [-0.39, 0.29) is 5.91 Å². The molecule has 21 heavy (non-hydrogen) atoms. The van der Waals surface area contributed by atoms with E-state index in [1.54, 1.807) is 0 Å². The summed E-state index contributed by atoms with van der Waals surface area (Å²) in [6.07, 6.45) is 2.50. The Morgan fingerprint density at radius 3 is 3.10 bits per heavy atom. The molecule has 1 amide bonds. The lowest BCUT2D eigenvalue weighted by molar-refractivity contribution is -0.127. The van der Waals surface area contributed by atoms with E-state index in [4.69, 9.17) is 0 Å². The number of nitrogens with one attached hydrogen (secondary N) is 1. The molecule has 1 atom stereocenters. The van der Waals surface area contributed by atoms with Gasteiger partial charge in [-0.3, -0.25) is 9.89 Å². The predicted molar refractivity (Wildman–Crippen MR) is 82.2 cm³/mol. The summed E-state index contributed by atoms with van der Waals surface area (Å²) in [5.74, 6) is 1.05. The standard InChI is InChI=1S/C15H18N4OS/c1-11-4-2-3-5-13(11)12-6-7-19(8-12)14(20)9-21-15-16-10-17-18-15/h2-5,10,12H,6-9H2,1H3,(H,16,17,18)/t12-/m1/s1. The number of aryl methyl sites for hydroxylation is 1. The van der Waals surface area contributed by atoms with E-state index in [0.717, 1.165) is 19.5 Å². The van der Waals surface area contributed by atoms with Gasteiger partial charge in [-0.2, -0.15) is 5.10 Å². The average Bonchev–Trinajstić information content (AvgIpc) is 3.17. The van der Waals surface area contributed by atoms with Crippen molar-refractivity contribution in [3.05, 3.63) is 41.7 Å². The van der Waals surface area contributed by atoms with E-state index < -0.39 is 0 Å². The molecule has 0 radical (unpaired) electrons. The Morgan fingerprint density at radius 1 is 1.48 bits per heavy atom. The third kappa shape index (κ3) is 3.26. The van der Waals surface area contributed by atoms with Crippen LogP contribution in [-0.4, -0.2) is 44.8 Å². The molecule has 110 valence electrons. The lowest BCUT2D eigenvalue weighted by Crippen LogP contribution is -2.30. The van der Waals surface area contributed by atoms with Crippen molar-refractivity contribution in [1.29, 1.82) is 0 Å². The molecule has 0 saturated carbocycles. The van der Waals surface area contributed by atoms with Crippen LogP contribution in [0.5, 0.6) is 0 Å². The van der Waals surface area contributed by atoms with Crippen LogP contribution in [-0.2, 0) is 4.79 Å². The summed E-state index contributed by atoms with van der Waals surface area (Å²) in [6, 6.07) is 8.45. The van der Waals surface area contributed by atoms with Crippen LogP contribution in [0.25, 0.3) is 0 Å². The van der Waals surface area contributed by atoms with Crippen molar-refractivity contribution in [2.24, 2.45) is 0 Å². The van der Waals surface area contributed by atoms with Crippen LogP contribution >= 0.6 is 11.8 Å². The highest BCUT2D eigenvalue weighted by molar-refractivity contribution is 7.99. The molecule has 1 aromatic carbocycles. The van der Waals surface area contributed by atoms with Gasteiger partial charge in [0.25, 0.3) is 0 Å². The van der Waals surface area contributed by atoms with Crippen LogP contribution in [0.4, 0.5) is 0 Å². The maximum absolute atomic E-state index is 12.2. The zero-order valence-electron chi connectivity index (χ0n) is 12.0. The second-order valence-electron chi connectivity index (χ2n) is 5.26. The highest BCUT2D eigenvalue weighted by Gasteiger charge is 2.27. The van der Waals surface area contributed by atoms with Crippen molar-refractivity contribution < 1.29 is 4.79 Å². The molecule has 0 spiro atoms. The van der Waals surface area contributed by atoms with Crippen molar-refractivity contribution in [3.8, 4) is 0 Å². The zero-order chi connectivity index (χ0) is 14.7. The number of H-pyrrole nitrogens is 1. The van der Waals surface area contributed by atoms with Crippen LogP contribution in [0.15, 0.2) is 35.7 Å². The van der Waals surface area contributed by atoms with E-state index in [1.807, 2.05) is 4.90 Å². The Labute approximate surface area is 128 Å². The number of hydrogen-bond donors (Lipinski definition) is 1. The minimum Gasteiger partial charge on any atom is -0.341 e. The molecule has 3 rings (SSSR count). The van der Waals surface area contributed by atoms with Gasteiger partial charge in [0, 0.05) is 19.0 Å². The molecule has 2 heterocycles. The van der Waals surface area contributed by atoms with Crippen LogP contribution < -0.4 is 0 Å². The summed E-state index contributed by atoms with van der Waals surface area (Å²) in [7, 11) is 0. The van der Waals surface area contributed by atoms with Crippen LogP contribution in [0.2, 0.25) is 0 Å². The molecule has 2 aromatic rings. The van der Waals surface area contributed by atoms with Crippen LogP contribution in [0.3, 0.4) is 0 Å². The third-order valence-electron chi connectivity index (χ3n) is 3.89. The number of likely N-dealkylation sites (tertiary alicyclic amines) is 1. The Morgan fingerprint density at radius 2 is 2.33 bits per heavy atom. The zero-order valence-corrected chi connectivity index (χ0v) is 12.8. The molecular weight excluding hydrogens is 284 g/mol. The number of carbonyl (C=O) groups excluding carboxylic acids is 1. The number of carbonyl (C=O) groups is 1. The fourth-order valence-corrected chi connectivity index (χ4v) is 3.45. The maximum atomic E-state index is 12.2. The number of hydrogen-bond acceptors (Lipinski definition) is 4. The van der Waals surface area contributed by atoms with Gasteiger partial charge in [-0.25, -0.2) is 4.98 Å². The highest BCUT2D eigenvalue weighted by Crippen LogP contribution is 2.29. The van der Waals surface area contributed by atoms with E-state index in [0.29, 0.717) is 16.8 Å². The van der Waals surface area contributed by atoms with Gasteiger partial charge in [-0.05, 0) is 24.5 Å². The van der Waals surface area contributed by atoms with Gasteiger partial charge in [-0.15, -0.1) is 0 Å². The summed E-state index contributed by atoms with van der Waals surface area (Å²) in [5, 5.41) is 7.23. The van der Waals surface area contributed by atoms with Crippen molar-refractivity contribution in [1.82, 2.24) is 20.1 Å². The summed E-state index contributed by atoms with van der Waals surface area (Å²) in [6.45, 7) is 3.80. The molecule has 5 nitrogen and oxygen atoms in total. The monoisotopic (exact) mass is 302 g/mol. The topological polar surface area (TPSA) is 61.9 Å². The number of nitrogens with zero attached hydrogens (tertiary/aromatic N) is 3. The molecule has 0 aliphatic carbocycles. The Bertz CT molecular complexity index is 614. The summed E-state index contributed by atoms with van der Waals surface area (Å²) in [5.41, 5.74) is 2.68. The number of aromatic nitrogens is 3. The minimum absolute atomic E-state index is 0.174. The normalized spacial score (nSPS) is 18.1. The van der Waals surface area contributed by atoms with Gasteiger partial charge in [-0.1, -0.05) is 36.0 Å². The number of aromatic amines is 1. The predicted octanol–water partition coefficient (Wildman–Crippen LogP) is 2.22. The summed E-state index contributed by atoms with van der Waals surface area (Å²) < 4.78 is 0. The first kappa shape index (κ1) is 14.1. The molecular formula is C15H18N4OS. The fraction of sp³-hybridized carbons (Fsp3) is 0.400. The lowest BCUT2D eigenvalue weighted by atomic mass is 9.94. The van der Waals surface area contributed by atoms with Gasteiger partial charge in [0.05, 0.1) is 5.75 Å². The number of benzene rings is 1. The van der Waals surface area contributed by atoms with E-state index >= 15 is 0 Å². The molecule has 0 bridgehead atoms. The SMILES string of the molecule is Cc1ccccc1[C@@H]1CCN(C(=O)CSc2ncn[nH]2)C1. The maximum Gasteiger partial charge on any atom is 0.233 e. The van der Waals surface area contributed by atoms with E-state index in [2.05, 4.69) is 46.4 Å². The number of rotatable bonds is 4. The summed E-state index contributed by atoms with van der Waals surface area (Å²) >= 11 is 1.40. The first-order valence-corrected chi connectivity index (χ1v) is 8.04. The van der Waals surface area contributed by atoms with Crippen molar-refractivity contribution >= 4 is 17.7 Å². The molecule has 0 unspecified atom stereocenters. The number of amides is 1. The molecule has 1 aliphatic rings. The van der Waals surface area contributed by atoms with Crippen molar-refractivity contribution in [2.75, 3.05) is 18.8 Å². The van der Waals surface area contributed by atoms with Crippen LogP contribution in [0, 0.1) is 6.92 Å². The Hall–Kier alpha value is -1.82. The second-order valence-corrected chi connectivity index (χ2v) is 6.23. The summed E-state index contributed by atoms with van der Waals surface area (Å²) in [4.78, 5) is 18.2. The second kappa shape index (κ2) is 6.30. The van der Waals surface area contributed by atoms with Crippen molar-refractivity contribution in [3.63, 3.8) is 0 Å². The van der Waals surface area contributed by atoms with Gasteiger partial charge >= 0.3 is 0 Å². The molecule has 1 aromatic heterocycles. The smallest absolute Gasteiger partial charge is 0.233 e. The van der Waals surface area contributed by atoms with E-state index in [1.165, 1.54) is 29.2 Å². The lowest BCUT2D eigenvalue weighted by Gasteiger charge is -2.17. The Balaban J connectivity index is 1.57. The molecule has 1 fully saturated rings. The van der Waals surface area contributed by atoms with E-state index in [9.17, 15) is 4.79 Å². The van der Waals surface area contributed by atoms with Gasteiger partial charge < -0.3 is 4.90 Å². The first-order chi connectivity index (χ1) is 10.2. The minimum atomic E-state index is 0.174. The average molecular weight is 302 g/mol. The largest absolute Gasteiger partial charge is 0.341 e. The van der Waals surface area contributed by atoms with Gasteiger partial charge in [0.1, 0.15) is 6.33 Å². The molecule has 1 aliphatic heterocycles. The Kier molecular flexibility index (Phi) is 4.24. The fourth-order valence-electron chi connectivity index (χ4n) is 2.77. The van der Waals surface area contributed by atoms with Crippen LogP contribution in [0.1, 0.15) is 23.5 Å². The first-order valence-electron chi connectivity index (χ1n) is 7.05.